The highest BCUT2D eigenvalue weighted by atomic mass is 16.5. The molecule has 1 saturated heterocycles. The Kier molecular flexibility index (Phi) is 3.22. The predicted molar refractivity (Wildman–Crippen MR) is 74.6 cm³/mol. The highest BCUT2D eigenvalue weighted by Gasteiger charge is 2.51. The first-order chi connectivity index (χ1) is 9.69. The lowest BCUT2D eigenvalue weighted by molar-refractivity contribution is -0.140. The van der Waals surface area contributed by atoms with Crippen LogP contribution in [0.4, 0.5) is 5.69 Å². The molecule has 0 radical (unpaired) electrons. The molecule has 5 heteroatoms. The molecule has 1 spiro atoms. The van der Waals surface area contributed by atoms with Crippen molar-refractivity contribution in [2.45, 2.75) is 18.3 Å². The number of carbonyl (C=O) groups excluding carboxylic acids is 2. The van der Waals surface area contributed by atoms with Crippen LogP contribution in [-0.2, 0) is 19.7 Å². The molecule has 1 aromatic rings. The van der Waals surface area contributed by atoms with E-state index in [2.05, 4.69) is 5.32 Å². The summed E-state index contributed by atoms with van der Waals surface area (Å²) in [6, 6.07) is 7.74. The van der Waals surface area contributed by atoms with Gasteiger partial charge in [0.1, 0.15) is 6.54 Å². The van der Waals surface area contributed by atoms with Gasteiger partial charge in [-0.25, -0.2) is 0 Å². The fourth-order valence-electron chi connectivity index (χ4n) is 3.27. The Labute approximate surface area is 117 Å². The maximum absolute atomic E-state index is 12.9. The number of benzene rings is 1. The molecule has 1 fully saturated rings. The van der Waals surface area contributed by atoms with Crippen LogP contribution in [0.2, 0.25) is 0 Å². The van der Waals surface area contributed by atoms with E-state index >= 15 is 0 Å². The van der Waals surface area contributed by atoms with Gasteiger partial charge in [0.25, 0.3) is 0 Å². The van der Waals surface area contributed by atoms with Gasteiger partial charge in [-0.05, 0) is 31.0 Å². The number of hydrogen-bond acceptors (Lipinski definition) is 4. The molecule has 1 N–H and O–H groups in total. The first-order valence-electron chi connectivity index (χ1n) is 6.88. The average Bonchev–Trinajstić information content (AvgIpc) is 2.71. The van der Waals surface area contributed by atoms with Crippen LogP contribution in [0.5, 0.6) is 0 Å². The summed E-state index contributed by atoms with van der Waals surface area (Å²) in [5.41, 5.74) is 1.36. The van der Waals surface area contributed by atoms with E-state index in [9.17, 15) is 9.59 Å². The largest absolute Gasteiger partial charge is 0.468 e. The van der Waals surface area contributed by atoms with Gasteiger partial charge >= 0.3 is 5.97 Å². The topological polar surface area (TPSA) is 58.6 Å². The van der Waals surface area contributed by atoms with Crippen LogP contribution in [0.3, 0.4) is 0 Å². The van der Waals surface area contributed by atoms with Crippen molar-refractivity contribution in [3.8, 4) is 0 Å². The number of amides is 1. The summed E-state index contributed by atoms with van der Waals surface area (Å²) < 4.78 is 4.70. The molecule has 20 heavy (non-hydrogen) atoms. The summed E-state index contributed by atoms with van der Waals surface area (Å²) in [6.45, 7) is 1.56. The fraction of sp³-hybridized carbons (Fsp3) is 0.467. The monoisotopic (exact) mass is 274 g/mol. The molecule has 0 aromatic heterocycles. The van der Waals surface area contributed by atoms with E-state index in [4.69, 9.17) is 4.74 Å². The van der Waals surface area contributed by atoms with E-state index in [0.717, 1.165) is 30.6 Å². The van der Waals surface area contributed by atoms with Crippen molar-refractivity contribution >= 4 is 17.6 Å². The van der Waals surface area contributed by atoms with E-state index in [-0.39, 0.29) is 12.5 Å². The fourth-order valence-corrected chi connectivity index (χ4v) is 3.27. The molecule has 1 amide bonds. The van der Waals surface area contributed by atoms with E-state index < -0.39 is 11.4 Å². The van der Waals surface area contributed by atoms with Gasteiger partial charge in [0.05, 0.1) is 12.5 Å². The van der Waals surface area contributed by atoms with Crippen molar-refractivity contribution in [1.82, 2.24) is 5.32 Å². The van der Waals surface area contributed by atoms with E-state index in [1.54, 1.807) is 4.90 Å². The lowest BCUT2D eigenvalue weighted by Gasteiger charge is -2.33. The summed E-state index contributed by atoms with van der Waals surface area (Å²) >= 11 is 0. The standard InChI is InChI=1S/C15H18N2O3/c1-20-13(18)9-17-12-6-3-2-5-11(12)15(14(17)19)7-4-8-16-10-15/h2-3,5-6,16H,4,7-10H2,1H3. The SMILES string of the molecule is COC(=O)CN1C(=O)C2(CCCNC2)c2ccccc21. The number of nitrogens with one attached hydrogen (secondary N) is 1. The first-order valence-corrected chi connectivity index (χ1v) is 6.88. The number of ether oxygens (including phenoxy) is 1. The van der Waals surface area contributed by atoms with Gasteiger partial charge in [-0.2, -0.15) is 0 Å². The molecule has 0 bridgehead atoms. The number of piperidine rings is 1. The minimum absolute atomic E-state index is 0.0105. The smallest absolute Gasteiger partial charge is 0.325 e. The average molecular weight is 274 g/mol. The second kappa shape index (κ2) is 4.90. The summed E-state index contributed by atoms with van der Waals surface area (Å²) in [5, 5.41) is 3.31. The third kappa shape index (κ3) is 1.81. The summed E-state index contributed by atoms with van der Waals surface area (Å²) in [5.74, 6) is -0.384. The van der Waals surface area contributed by atoms with Crippen molar-refractivity contribution in [1.29, 1.82) is 0 Å². The van der Waals surface area contributed by atoms with Crippen molar-refractivity contribution in [3.63, 3.8) is 0 Å². The molecule has 2 heterocycles. The molecule has 0 aliphatic carbocycles. The number of nitrogens with zero attached hydrogens (tertiary/aromatic N) is 1. The highest BCUT2D eigenvalue weighted by Crippen LogP contribution is 2.45. The first kappa shape index (κ1) is 13.1. The van der Waals surface area contributed by atoms with Crippen molar-refractivity contribution in [2.24, 2.45) is 0 Å². The van der Waals surface area contributed by atoms with Gasteiger partial charge in [0.15, 0.2) is 0 Å². The van der Waals surface area contributed by atoms with E-state index in [1.165, 1.54) is 7.11 Å². The predicted octanol–water partition coefficient (Wildman–Crippen LogP) is 0.827. The van der Waals surface area contributed by atoms with Gasteiger partial charge in [-0.1, -0.05) is 18.2 Å². The van der Waals surface area contributed by atoms with Gasteiger partial charge in [0, 0.05) is 12.2 Å². The minimum atomic E-state index is -0.511. The maximum Gasteiger partial charge on any atom is 0.325 e. The Hall–Kier alpha value is -1.88. The molecule has 2 aliphatic rings. The zero-order valence-electron chi connectivity index (χ0n) is 11.5. The van der Waals surface area contributed by atoms with E-state index in [1.807, 2.05) is 24.3 Å². The van der Waals surface area contributed by atoms with Gasteiger partial charge in [-0.3, -0.25) is 9.59 Å². The van der Waals surface area contributed by atoms with Crippen LogP contribution in [0.15, 0.2) is 24.3 Å². The number of anilines is 1. The molecule has 5 nitrogen and oxygen atoms in total. The quantitative estimate of drug-likeness (QED) is 0.812. The Morgan fingerprint density at radius 2 is 2.25 bits per heavy atom. The molecule has 2 aliphatic heterocycles. The number of rotatable bonds is 2. The zero-order valence-corrected chi connectivity index (χ0v) is 11.5. The molecule has 3 rings (SSSR count). The number of esters is 1. The second-order valence-corrected chi connectivity index (χ2v) is 5.35. The Morgan fingerprint density at radius 3 is 2.95 bits per heavy atom. The number of carbonyl (C=O) groups is 2. The second-order valence-electron chi connectivity index (χ2n) is 5.35. The number of methoxy groups -OCH3 is 1. The maximum atomic E-state index is 12.9. The molecule has 1 atom stereocenters. The zero-order chi connectivity index (χ0) is 14.2. The third-order valence-corrected chi connectivity index (χ3v) is 4.26. The van der Waals surface area contributed by atoms with Gasteiger partial charge in [0.2, 0.25) is 5.91 Å². The molecule has 1 unspecified atom stereocenters. The third-order valence-electron chi connectivity index (χ3n) is 4.26. The van der Waals surface area contributed by atoms with Crippen LogP contribution < -0.4 is 10.2 Å². The number of para-hydroxylation sites is 1. The summed E-state index contributed by atoms with van der Waals surface area (Å²) in [4.78, 5) is 26.0. The van der Waals surface area contributed by atoms with Crippen molar-refractivity contribution in [2.75, 3.05) is 31.6 Å². The van der Waals surface area contributed by atoms with Crippen LogP contribution in [0.25, 0.3) is 0 Å². The van der Waals surface area contributed by atoms with Crippen LogP contribution in [0, 0.1) is 0 Å². The lowest BCUT2D eigenvalue weighted by Crippen LogP contribution is -2.51. The lowest BCUT2D eigenvalue weighted by atomic mass is 9.76. The van der Waals surface area contributed by atoms with Crippen molar-refractivity contribution < 1.29 is 14.3 Å². The molecular formula is C15H18N2O3. The van der Waals surface area contributed by atoms with Crippen LogP contribution in [-0.4, -0.2) is 38.6 Å². The number of fused-ring (bicyclic) bond motifs is 2. The Morgan fingerprint density at radius 1 is 1.45 bits per heavy atom. The Balaban J connectivity index is 2.03. The number of hydrogen-bond donors (Lipinski definition) is 1. The Bertz CT molecular complexity index is 550. The van der Waals surface area contributed by atoms with E-state index in [0.29, 0.717) is 6.54 Å². The molecule has 106 valence electrons. The van der Waals surface area contributed by atoms with Crippen molar-refractivity contribution in [3.05, 3.63) is 29.8 Å². The molecule has 0 saturated carbocycles. The summed E-state index contributed by atoms with van der Waals surface area (Å²) in [6.07, 6.45) is 1.79. The van der Waals surface area contributed by atoms with Crippen LogP contribution >= 0.6 is 0 Å². The van der Waals surface area contributed by atoms with Gasteiger partial charge in [-0.15, -0.1) is 0 Å². The molecular weight excluding hydrogens is 256 g/mol. The summed E-state index contributed by atoms with van der Waals surface area (Å²) in [7, 11) is 1.34. The minimum Gasteiger partial charge on any atom is -0.468 e. The normalized spacial score (nSPS) is 24.9. The van der Waals surface area contributed by atoms with Crippen LogP contribution in [0.1, 0.15) is 18.4 Å². The molecule has 1 aromatic carbocycles. The highest BCUT2D eigenvalue weighted by molar-refractivity contribution is 6.10. The van der Waals surface area contributed by atoms with Gasteiger partial charge < -0.3 is 15.0 Å².